The zero-order valence-electron chi connectivity index (χ0n) is 26.5. The van der Waals surface area contributed by atoms with Crippen LogP contribution in [0.1, 0.15) is 59.8 Å². The second-order valence-corrected chi connectivity index (χ2v) is 11.2. The van der Waals surface area contributed by atoms with E-state index in [1.54, 1.807) is 13.2 Å². The molecule has 9 atom stereocenters. The van der Waals surface area contributed by atoms with Gasteiger partial charge in [-0.15, -0.1) is 0 Å². The molecule has 242 valence electrons. The maximum Gasteiger partial charge on any atom is 0.309 e. The van der Waals surface area contributed by atoms with Crippen molar-refractivity contribution in [3.8, 4) is 0 Å². The molecule has 2 rings (SSSR count). The first-order valence-electron chi connectivity index (χ1n) is 15.1. The molecule has 0 radical (unpaired) electrons. The number of aliphatic hydroxyl groups excluding tert-OH is 3. The molecular formula is C34H52O9. The summed E-state index contributed by atoms with van der Waals surface area (Å²) in [6, 6.07) is 0. The molecule has 2 aliphatic rings. The quantitative estimate of drug-likeness (QED) is 0.272. The highest BCUT2D eigenvalue weighted by Crippen LogP contribution is 2.26. The molecule has 0 bridgehead atoms. The van der Waals surface area contributed by atoms with Crippen molar-refractivity contribution in [3.05, 3.63) is 71.9 Å². The van der Waals surface area contributed by atoms with Crippen molar-refractivity contribution in [1.82, 2.24) is 0 Å². The van der Waals surface area contributed by atoms with E-state index in [0.29, 0.717) is 18.8 Å². The van der Waals surface area contributed by atoms with Crippen LogP contribution in [0, 0.1) is 5.92 Å². The number of hydrogen-bond acceptors (Lipinski definition) is 9. The van der Waals surface area contributed by atoms with E-state index in [0.717, 1.165) is 24.0 Å². The Morgan fingerprint density at radius 1 is 1.07 bits per heavy atom. The Kier molecular flexibility index (Phi) is 17.0. The molecule has 0 saturated carbocycles. The number of carbonyl (C=O) groups excluding carboxylic acids is 1. The van der Waals surface area contributed by atoms with Crippen LogP contribution < -0.4 is 0 Å². The van der Waals surface area contributed by atoms with Gasteiger partial charge in [-0.05, 0) is 57.6 Å². The van der Waals surface area contributed by atoms with Crippen LogP contribution in [0.25, 0.3) is 0 Å². The number of allylic oxidation sites excluding steroid dienone is 7. The van der Waals surface area contributed by atoms with Gasteiger partial charge in [0.25, 0.3) is 0 Å². The molecule has 2 aliphatic heterocycles. The monoisotopic (exact) mass is 604 g/mol. The lowest BCUT2D eigenvalue weighted by atomic mass is 9.98. The van der Waals surface area contributed by atoms with E-state index < -0.39 is 55.5 Å². The second-order valence-electron chi connectivity index (χ2n) is 11.2. The van der Waals surface area contributed by atoms with Gasteiger partial charge in [0.2, 0.25) is 0 Å². The number of carbonyl (C=O) groups is 1. The van der Waals surface area contributed by atoms with E-state index in [1.807, 2.05) is 63.3 Å². The number of ether oxygens (including phenoxy) is 5. The van der Waals surface area contributed by atoms with Crippen LogP contribution in [-0.4, -0.2) is 91.1 Å². The van der Waals surface area contributed by atoms with Crippen molar-refractivity contribution in [2.75, 3.05) is 20.8 Å². The highest BCUT2D eigenvalue weighted by Gasteiger charge is 2.46. The van der Waals surface area contributed by atoms with Gasteiger partial charge in [0.1, 0.15) is 30.5 Å². The van der Waals surface area contributed by atoms with E-state index in [1.165, 1.54) is 7.11 Å². The Balaban J connectivity index is 2.38. The minimum atomic E-state index is -1.36. The molecule has 0 spiro atoms. The standard InChI is InChI=1S/C34H52O9/c1-7-8-14-24(3)20-26-16-12-10-9-11-15-23(2)19-25(4)28(39-5)18-13-17-27(21-30(36)41-26)42-34-32(38)33(40-6)31(37)29(22-35)43-34/h7-13,17,19-20,23,26-29,31-35,37-38H,14-16,18,21-22H2,1-6H3/b8-7+,11-9+,12-10+,17-13+,24-20-,25-19+/t23-,26+,27+,28-,29?,31?,32?,33?,34?/m0/s1. The van der Waals surface area contributed by atoms with Crippen LogP contribution >= 0.6 is 0 Å². The van der Waals surface area contributed by atoms with E-state index in [9.17, 15) is 20.1 Å². The Morgan fingerprint density at radius 3 is 2.44 bits per heavy atom. The van der Waals surface area contributed by atoms with Crippen LogP contribution in [0.2, 0.25) is 0 Å². The zero-order chi connectivity index (χ0) is 31.8. The Hall–Kier alpha value is -2.37. The smallest absolute Gasteiger partial charge is 0.309 e. The van der Waals surface area contributed by atoms with Crippen molar-refractivity contribution < 1.29 is 43.8 Å². The van der Waals surface area contributed by atoms with Crippen LogP contribution in [0.15, 0.2) is 71.9 Å². The van der Waals surface area contributed by atoms with Crippen LogP contribution in [-0.2, 0) is 28.5 Å². The lowest BCUT2D eigenvalue weighted by molar-refractivity contribution is -0.311. The van der Waals surface area contributed by atoms with Gasteiger partial charge in [0.15, 0.2) is 6.29 Å². The second kappa shape index (κ2) is 19.8. The summed E-state index contributed by atoms with van der Waals surface area (Å²) < 4.78 is 28.7. The summed E-state index contributed by atoms with van der Waals surface area (Å²) in [5.74, 6) is -0.166. The van der Waals surface area contributed by atoms with E-state index in [4.69, 9.17) is 23.7 Å². The van der Waals surface area contributed by atoms with Crippen molar-refractivity contribution in [1.29, 1.82) is 0 Å². The van der Waals surface area contributed by atoms with Crippen molar-refractivity contribution in [2.45, 2.75) is 109 Å². The van der Waals surface area contributed by atoms with E-state index in [2.05, 4.69) is 19.1 Å². The maximum atomic E-state index is 13.3. The molecule has 2 heterocycles. The molecule has 1 fully saturated rings. The van der Waals surface area contributed by atoms with Gasteiger partial charge in [-0.25, -0.2) is 0 Å². The summed E-state index contributed by atoms with van der Waals surface area (Å²) in [6.45, 7) is 7.66. The predicted molar refractivity (Wildman–Crippen MR) is 166 cm³/mol. The summed E-state index contributed by atoms with van der Waals surface area (Å²) in [4.78, 5) is 13.3. The third-order valence-electron chi connectivity index (χ3n) is 7.50. The number of esters is 1. The summed E-state index contributed by atoms with van der Waals surface area (Å²) in [5.41, 5.74) is 2.17. The third kappa shape index (κ3) is 12.6. The summed E-state index contributed by atoms with van der Waals surface area (Å²) in [6.07, 6.45) is 14.9. The predicted octanol–water partition coefficient (Wildman–Crippen LogP) is 4.49. The average Bonchev–Trinajstić information content (AvgIpc) is 2.96. The molecular weight excluding hydrogens is 552 g/mol. The fraction of sp³-hybridized carbons (Fsp3) is 0.618. The molecule has 1 saturated heterocycles. The summed E-state index contributed by atoms with van der Waals surface area (Å²) in [5, 5.41) is 31.0. The highest BCUT2D eigenvalue weighted by molar-refractivity contribution is 5.70. The first-order chi connectivity index (χ1) is 20.6. The van der Waals surface area contributed by atoms with Crippen molar-refractivity contribution in [2.24, 2.45) is 5.92 Å². The minimum absolute atomic E-state index is 0.154. The molecule has 0 aromatic carbocycles. The van der Waals surface area contributed by atoms with E-state index >= 15 is 0 Å². The number of aliphatic hydroxyl groups is 3. The lowest BCUT2D eigenvalue weighted by Gasteiger charge is -2.42. The first-order valence-corrected chi connectivity index (χ1v) is 15.1. The Morgan fingerprint density at radius 2 is 1.79 bits per heavy atom. The lowest BCUT2D eigenvalue weighted by Crippen LogP contribution is -2.60. The number of hydrogen-bond donors (Lipinski definition) is 3. The Labute approximate surface area is 257 Å². The molecule has 0 aliphatic carbocycles. The molecule has 9 nitrogen and oxygen atoms in total. The van der Waals surface area contributed by atoms with Crippen molar-refractivity contribution >= 4 is 5.97 Å². The fourth-order valence-electron chi connectivity index (χ4n) is 5.11. The molecule has 43 heavy (non-hydrogen) atoms. The van der Waals surface area contributed by atoms with E-state index in [-0.39, 0.29) is 12.5 Å². The summed E-state index contributed by atoms with van der Waals surface area (Å²) in [7, 11) is 3.01. The van der Waals surface area contributed by atoms with Crippen molar-refractivity contribution in [3.63, 3.8) is 0 Å². The van der Waals surface area contributed by atoms with Crippen LogP contribution in [0.3, 0.4) is 0 Å². The minimum Gasteiger partial charge on any atom is -0.458 e. The fourth-order valence-corrected chi connectivity index (χ4v) is 5.11. The van der Waals surface area contributed by atoms with Gasteiger partial charge >= 0.3 is 5.97 Å². The molecule has 5 unspecified atom stereocenters. The molecule has 0 amide bonds. The van der Waals surface area contributed by atoms with Gasteiger partial charge in [0.05, 0.1) is 25.2 Å². The third-order valence-corrected chi connectivity index (χ3v) is 7.50. The molecule has 0 aromatic rings. The summed E-state index contributed by atoms with van der Waals surface area (Å²) >= 11 is 0. The van der Waals surface area contributed by atoms with Gasteiger partial charge < -0.3 is 39.0 Å². The number of cyclic esters (lactones) is 1. The molecule has 0 aromatic heterocycles. The van der Waals surface area contributed by atoms with Crippen LogP contribution in [0.4, 0.5) is 0 Å². The first kappa shape index (κ1) is 36.8. The Bertz CT molecular complexity index is 1010. The van der Waals surface area contributed by atoms with Gasteiger partial charge in [0, 0.05) is 20.6 Å². The van der Waals surface area contributed by atoms with Gasteiger partial charge in [-0.2, -0.15) is 0 Å². The normalized spacial score (nSPS) is 37.5. The van der Waals surface area contributed by atoms with Crippen LogP contribution in [0.5, 0.6) is 0 Å². The SMILES string of the molecule is C/C=C/C/C(C)=C\[C@H]1C/C=C/C=C/C[C@H](C)/C=C(\C)[C@@H](OC)C/C=C/[C@@H](OC2OC(CO)C(O)C(OC)C2O)CC(=O)O1. The van der Waals surface area contributed by atoms with Gasteiger partial charge in [-0.1, -0.05) is 67.2 Å². The maximum absolute atomic E-state index is 13.3. The average molecular weight is 605 g/mol. The zero-order valence-corrected chi connectivity index (χ0v) is 26.5. The van der Waals surface area contributed by atoms with Gasteiger partial charge in [-0.3, -0.25) is 4.79 Å². The molecule has 3 N–H and O–H groups in total. The largest absolute Gasteiger partial charge is 0.458 e. The number of rotatable bonds is 8. The highest BCUT2D eigenvalue weighted by atomic mass is 16.7. The molecule has 9 heteroatoms. The number of methoxy groups -OCH3 is 2. The topological polar surface area (TPSA) is 124 Å².